The van der Waals surface area contributed by atoms with Crippen LogP contribution in [0.15, 0.2) is 30.5 Å². The lowest BCUT2D eigenvalue weighted by atomic mass is 9.75. The molecule has 4 heteroatoms. The summed E-state index contributed by atoms with van der Waals surface area (Å²) in [6.45, 7) is 0. The number of fused-ring (bicyclic) bond motifs is 1. The number of carbonyl (C=O) groups is 2. The molecule has 0 amide bonds. The highest BCUT2D eigenvalue weighted by Crippen LogP contribution is 2.38. The molecular formula is C13H13NO3. The van der Waals surface area contributed by atoms with Crippen LogP contribution in [0.2, 0.25) is 0 Å². The van der Waals surface area contributed by atoms with Crippen LogP contribution in [-0.2, 0) is 20.7 Å². The van der Waals surface area contributed by atoms with E-state index in [-0.39, 0.29) is 23.7 Å². The van der Waals surface area contributed by atoms with E-state index in [9.17, 15) is 9.59 Å². The normalized spacial score (nSPS) is 31.4. The molecule has 1 aliphatic heterocycles. The highest BCUT2D eigenvalue weighted by molar-refractivity contribution is 5.97. The quantitative estimate of drug-likeness (QED) is 0.476. The molecule has 1 aromatic rings. The van der Waals surface area contributed by atoms with Crippen LogP contribution in [0.25, 0.3) is 0 Å². The van der Waals surface area contributed by atoms with Gasteiger partial charge in [-0.3, -0.25) is 9.59 Å². The standard InChI is InChI=1S/C13H13NO3/c15-12-10-5-1-3-8(11(10)13(16)17-12)7-9-4-2-6-14-9/h1-2,4-6,8,10-11,14H,3,7H2. The lowest BCUT2D eigenvalue weighted by Crippen LogP contribution is -2.29. The van der Waals surface area contributed by atoms with E-state index in [1.54, 1.807) is 0 Å². The van der Waals surface area contributed by atoms with Crippen molar-refractivity contribution >= 4 is 11.9 Å². The maximum absolute atomic E-state index is 11.7. The molecule has 3 rings (SSSR count). The fraction of sp³-hybridized carbons (Fsp3) is 0.385. The number of H-pyrrole nitrogens is 1. The van der Waals surface area contributed by atoms with Gasteiger partial charge in [-0.15, -0.1) is 0 Å². The average Bonchev–Trinajstić information content (AvgIpc) is 2.90. The van der Waals surface area contributed by atoms with Crippen LogP contribution in [0.3, 0.4) is 0 Å². The molecule has 0 saturated carbocycles. The first-order valence-corrected chi connectivity index (χ1v) is 5.80. The number of carbonyl (C=O) groups excluding carboxylic acids is 2. The number of esters is 2. The molecular weight excluding hydrogens is 218 g/mol. The van der Waals surface area contributed by atoms with Gasteiger partial charge in [-0.05, 0) is 30.9 Å². The van der Waals surface area contributed by atoms with Gasteiger partial charge in [-0.25, -0.2) is 0 Å². The van der Waals surface area contributed by atoms with E-state index in [1.165, 1.54) is 0 Å². The SMILES string of the molecule is O=C1OC(=O)C2C(Cc3ccc[nH]3)CC=CC12. The van der Waals surface area contributed by atoms with Gasteiger partial charge in [0.25, 0.3) is 0 Å². The van der Waals surface area contributed by atoms with Crippen LogP contribution in [0.4, 0.5) is 0 Å². The minimum absolute atomic E-state index is 0.155. The Labute approximate surface area is 98.7 Å². The first-order chi connectivity index (χ1) is 8.25. The second-order valence-electron chi connectivity index (χ2n) is 4.62. The number of hydrogen-bond acceptors (Lipinski definition) is 3. The predicted octanol–water partition coefficient (Wildman–Crippen LogP) is 1.45. The van der Waals surface area contributed by atoms with Gasteiger partial charge in [0.15, 0.2) is 0 Å². The predicted molar refractivity (Wildman–Crippen MR) is 59.8 cm³/mol. The fourth-order valence-corrected chi connectivity index (χ4v) is 2.75. The Balaban J connectivity index is 1.84. The second-order valence-corrected chi connectivity index (χ2v) is 4.62. The average molecular weight is 231 g/mol. The molecule has 1 fully saturated rings. The third kappa shape index (κ3) is 1.69. The minimum Gasteiger partial charge on any atom is -0.392 e. The number of aromatic amines is 1. The van der Waals surface area contributed by atoms with Crippen LogP contribution in [-0.4, -0.2) is 16.9 Å². The third-order valence-electron chi connectivity index (χ3n) is 3.57. The molecule has 4 nitrogen and oxygen atoms in total. The van der Waals surface area contributed by atoms with Crippen molar-refractivity contribution in [3.8, 4) is 0 Å². The Bertz CT molecular complexity index is 475. The fourth-order valence-electron chi connectivity index (χ4n) is 2.75. The van der Waals surface area contributed by atoms with E-state index in [0.29, 0.717) is 0 Å². The highest BCUT2D eigenvalue weighted by Gasteiger charge is 2.48. The van der Waals surface area contributed by atoms with Crippen LogP contribution in [0.1, 0.15) is 12.1 Å². The Morgan fingerprint density at radius 1 is 1.35 bits per heavy atom. The smallest absolute Gasteiger partial charge is 0.321 e. The summed E-state index contributed by atoms with van der Waals surface area (Å²) in [6, 6.07) is 3.93. The summed E-state index contributed by atoms with van der Waals surface area (Å²) >= 11 is 0. The zero-order valence-corrected chi connectivity index (χ0v) is 9.26. The monoisotopic (exact) mass is 231 g/mol. The molecule has 2 aliphatic rings. The number of nitrogens with one attached hydrogen (secondary N) is 1. The zero-order valence-electron chi connectivity index (χ0n) is 9.26. The molecule has 1 saturated heterocycles. The molecule has 3 unspecified atom stereocenters. The summed E-state index contributed by atoms with van der Waals surface area (Å²) in [6.07, 6.45) is 7.25. The van der Waals surface area contributed by atoms with Crippen LogP contribution < -0.4 is 0 Å². The number of hydrogen-bond donors (Lipinski definition) is 1. The molecule has 0 bridgehead atoms. The molecule has 0 spiro atoms. The van der Waals surface area contributed by atoms with Crippen LogP contribution in [0.5, 0.6) is 0 Å². The Hall–Kier alpha value is -1.84. The molecule has 0 radical (unpaired) electrons. The Kier molecular flexibility index (Phi) is 2.35. The van der Waals surface area contributed by atoms with Crippen LogP contribution in [0, 0.1) is 17.8 Å². The third-order valence-corrected chi connectivity index (χ3v) is 3.57. The number of cyclic esters (lactones) is 2. The number of ether oxygens (including phenoxy) is 1. The van der Waals surface area contributed by atoms with Gasteiger partial charge in [0.2, 0.25) is 0 Å². The summed E-state index contributed by atoms with van der Waals surface area (Å²) < 4.78 is 4.72. The molecule has 1 aliphatic carbocycles. The van der Waals surface area contributed by atoms with E-state index in [0.717, 1.165) is 18.5 Å². The van der Waals surface area contributed by atoms with Crippen molar-refractivity contribution in [1.82, 2.24) is 4.98 Å². The van der Waals surface area contributed by atoms with Crippen molar-refractivity contribution in [3.05, 3.63) is 36.2 Å². The second kappa shape index (κ2) is 3.87. The molecule has 17 heavy (non-hydrogen) atoms. The van der Waals surface area contributed by atoms with Gasteiger partial charge in [0.1, 0.15) is 0 Å². The van der Waals surface area contributed by atoms with Gasteiger partial charge in [-0.2, -0.15) is 0 Å². The molecule has 1 aromatic heterocycles. The van der Waals surface area contributed by atoms with Gasteiger partial charge < -0.3 is 9.72 Å². The van der Waals surface area contributed by atoms with Crippen molar-refractivity contribution < 1.29 is 14.3 Å². The summed E-state index contributed by atoms with van der Waals surface area (Å²) in [5.41, 5.74) is 1.09. The maximum Gasteiger partial charge on any atom is 0.321 e. The van der Waals surface area contributed by atoms with Gasteiger partial charge in [0, 0.05) is 11.9 Å². The number of aromatic nitrogens is 1. The van der Waals surface area contributed by atoms with Crippen LogP contribution >= 0.6 is 0 Å². The topological polar surface area (TPSA) is 59.2 Å². The van der Waals surface area contributed by atoms with Crippen molar-refractivity contribution in [2.45, 2.75) is 12.8 Å². The van der Waals surface area contributed by atoms with Crippen molar-refractivity contribution in [2.24, 2.45) is 17.8 Å². The molecule has 3 atom stereocenters. The van der Waals surface area contributed by atoms with Gasteiger partial charge in [-0.1, -0.05) is 12.2 Å². The molecule has 2 heterocycles. The number of rotatable bonds is 2. The number of allylic oxidation sites excluding steroid dienone is 1. The first-order valence-electron chi connectivity index (χ1n) is 5.80. The van der Waals surface area contributed by atoms with Crippen molar-refractivity contribution in [1.29, 1.82) is 0 Å². The molecule has 0 aromatic carbocycles. The van der Waals surface area contributed by atoms with E-state index < -0.39 is 5.97 Å². The van der Waals surface area contributed by atoms with E-state index >= 15 is 0 Å². The Morgan fingerprint density at radius 3 is 3.00 bits per heavy atom. The Morgan fingerprint density at radius 2 is 2.24 bits per heavy atom. The van der Waals surface area contributed by atoms with Gasteiger partial charge >= 0.3 is 11.9 Å². The first kappa shape index (κ1) is 10.3. The largest absolute Gasteiger partial charge is 0.392 e. The lowest BCUT2D eigenvalue weighted by Gasteiger charge is -2.24. The summed E-state index contributed by atoms with van der Waals surface area (Å²) in [7, 11) is 0. The van der Waals surface area contributed by atoms with Crippen molar-refractivity contribution in [2.75, 3.05) is 0 Å². The van der Waals surface area contributed by atoms with Crippen molar-refractivity contribution in [3.63, 3.8) is 0 Å². The van der Waals surface area contributed by atoms with Gasteiger partial charge in [0.05, 0.1) is 11.8 Å². The summed E-state index contributed by atoms with van der Waals surface area (Å²) in [4.78, 5) is 26.3. The molecule has 1 N–H and O–H groups in total. The zero-order chi connectivity index (χ0) is 11.8. The summed E-state index contributed by atoms with van der Waals surface area (Å²) in [5, 5.41) is 0. The lowest BCUT2D eigenvalue weighted by molar-refractivity contribution is -0.153. The summed E-state index contributed by atoms with van der Waals surface area (Å²) in [5.74, 6) is -1.26. The highest BCUT2D eigenvalue weighted by atomic mass is 16.6. The maximum atomic E-state index is 11.7. The van der Waals surface area contributed by atoms with E-state index in [1.807, 2.05) is 30.5 Å². The van der Waals surface area contributed by atoms with E-state index in [4.69, 9.17) is 4.74 Å². The molecule has 88 valence electrons. The van der Waals surface area contributed by atoms with E-state index in [2.05, 4.69) is 4.98 Å². The minimum atomic E-state index is -0.396.